The van der Waals surface area contributed by atoms with E-state index in [0.717, 1.165) is 18.4 Å². The van der Waals surface area contributed by atoms with Gasteiger partial charge in [0, 0.05) is 36.3 Å². The summed E-state index contributed by atoms with van der Waals surface area (Å²) in [4.78, 5) is 3.55. The zero-order valence-electron chi connectivity index (χ0n) is 16.0. The summed E-state index contributed by atoms with van der Waals surface area (Å²) in [6, 6.07) is 13.0. The lowest BCUT2D eigenvalue weighted by Crippen LogP contribution is -2.37. The molecule has 1 aromatic heterocycles. The molecule has 2 aromatic carbocycles. The van der Waals surface area contributed by atoms with Gasteiger partial charge >= 0.3 is 0 Å². The zero-order valence-corrected chi connectivity index (χ0v) is 16.8. The molecule has 7 heteroatoms. The first-order chi connectivity index (χ1) is 13.5. The first kappa shape index (κ1) is 18.8. The van der Waals surface area contributed by atoms with Crippen molar-refractivity contribution in [3.05, 3.63) is 54.2 Å². The van der Waals surface area contributed by atoms with Crippen LogP contribution in [0, 0.1) is 0 Å². The van der Waals surface area contributed by atoms with E-state index in [1.54, 1.807) is 16.4 Å². The van der Waals surface area contributed by atoms with Crippen molar-refractivity contribution in [3.63, 3.8) is 0 Å². The standard InChI is InChI=1S/C21H24N2O4S/c1-26-20-8-7-16(13-21(20)27-2)28(24,25)23-11-9-15(10-12-23)18-14-22-19-6-4-3-5-17(18)19/h3-8,13-15,22H,9-12H2,1-2H3. The van der Waals surface area contributed by atoms with E-state index in [4.69, 9.17) is 9.47 Å². The maximum Gasteiger partial charge on any atom is 0.243 e. The highest BCUT2D eigenvalue weighted by atomic mass is 32.2. The fraction of sp³-hybridized carbons (Fsp3) is 0.333. The molecule has 4 rings (SSSR count). The van der Waals surface area contributed by atoms with Gasteiger partial charge in [-0.05, 0) is 42.5 Å². The van der Waals surface area contributed by atoms with Crippen LogP contribution in [0.15, 0.2) is 53.6 Å². The molecule has 1 fully saturated rings. The molecule has 3 aromatic rings. The number of para-hydroxylation sites is 1. The number of aromatic nitrogens is 1. The van der Waals surface area contributed by atoms with E-state index >= 15 is 0 Å². The van der Waals surface area contributed by atoms with Crippen LogP contribution in [0.3, 0.4) is 0 Å². The summed E-state index contributed by atoms with van der Waals surface area (Å²) >= 11 is 0. The molecular formula is C21H24N2O4S. The summed E-state index contributed by atoms with van der Waals surface area (Å²) in [5.74, 6) is 1.28. The average Bonchev–Trinajstić information content (AvgIpc) is 3.17. The molecule has 0 spiro atoms. The summed E-state index contributed by atoms with van der Waals surface area (Å²) in [6.45, 7) is 1.00. The second-order valence-corrected chi connectivity index (χ2v) is 8.92. The molecule has 0 radical (unpaired) electrons. The lowest BCUT2D eigenvalue weighted by Gasteiger charge is -2.31. The highest BCUT2D eigenvalue weighted by Gasteiger charge is 2.31. The Kier molecular flexibility index (Phi) is 5.03. The van der Waals surface area contributed by atoms with Crippen LogP contribution < -0.4 is 9.47 Å². The molecule has 0 saturated carbocycles. The van der Waals surface area contributed by atoms with Crippen LogP contribution in [0.1, 0.15) is 24.3 Å². The average molecular weight is 401 g/mol. The Bertz CT molecular complexity index is 1080. The third kappa shape index (κ3) is 3.25. The van der Waals surface area contributed by atoms with Crippen molar-refractivity contribution < 1.29 is 17.9 Å². The monoisotopic (exact) mass is 400 g/mol. The molecule has 1 saturated heterocycles. The second kappa shape index (κ2) is 7.48. The van der Waals surface area contributed by atoms with E-state index in [9.17, 15) is 8.42 Å². The summed E-state index contributed by atoms with van der Waals surface area (Å²) in [7, 11) is -0.534. The molecule has 0 atom stereocenters. The predicted molar refractivity (Wildman–Crippen MR) is 109 cm³/mol. The third-order valence-corrected chi connectivity index (χ3v) is 7.40. The van der Waals surface area contributed by atoms with Crippen molar-refractivity contribution in [2.24, 2.45) is 0 Å². The number of piperidine rings is 1. The Balaban J connectivity index is 1.53. The number of H-pyrrole nitrogens is 1. The summed E-state index contributed by atoms with van der Waals surface area (Å²) in [6.07, 6.45) is 3.66. The largest absolute Gasteiger partial charge is 0.493 e. The number of rotatable bonds is 5. The van der Waals surface area contributed by atoms with Gasteiger partial charge in [0.1, 0.15) is 0 Å². The molecule has 0 amide bonds. The molecule has 28 heavy (non-hydrogen) atoms. The summed E-state index contributed by atoms with van der Waals surface area (Å²) in [5.41, 5.74) is 2.40. The normalized spacial score (nSPS) is 16.4. The van der Waals surface area contributed by atoms with E-state index in [1.165, 1.54) is 31.2 Å². The predicted octanol–water partition coefficient (Wildman–Crippen LogP) is 3.75. The number of aromatic amines is 1. The number of sulfonamides is 1. The molecule has 1 N–H and O–H groups in total. The third-order valence-electron chi connectivity index (χ3n) is 5.51. The lowest BCUT2D eigenvalue weighted by molar-refractivity contribution is 0.319. The number of hydrogen-bond acceptors (Lipinski definition) is 4. The molecule has 0 unspecified atom stereocenters. The molecule has 2 heterocycles. The topological polar surface area (TPSA) is 71.6 Å². The van der Waals surface area contributed by atoms with Crippen LogP contribution >= 0.6 is 0 Å². The Morgan fingerprint density at radius 1 is 1.00 bits per heavy atom. The second-order valence-electron chi connectivity index (χ2n) is 6.98. The van der Waals surface area contributed by atoms with Gasteiger partial charge in [-0.3, -0.25) is 0 Å². The lowest BCUT2D eigenvalue weighted by atomic mass is 9.90. The Labute approximate surface area is 165 Å². The molecule has 1 aliphatic heterocycles. The van der Waals surface area contributed by atoms with Crippen molar-refractivity contribution in [1.29, 1.82) is 0 Å². The van der Waals surface area contributed by atoms with Gasteiger partial charge in [0.05, 0.1) is 19.1 Å². The van der Waals surface area contributed by atoms with Gasteiger partial charge in [0.25, 0.3) is 0 Å². The van der Waals surface area contributed by atoms with Crippen LogP contribution in [-0.2, 0) is 10.0 Å². The quantitative estimate of drug-likeness (QED) is 0.708. The van der Waals surface area contributed by atoms with Crippen molar-refractivity contribution in [1.82, 2.24) is 9.29 Å². The Morgan fingerprint density at radius 3 is 2.43 bits per heavy atom. The van der Waals surface area contributed by atoms with Crippen molar-refractivity contribution in [2.75, 3.05) is 27.3 Å². The fourth-order valence-electron chi connectivity index (χ4n) is 3.96. The minimum absolute atomic E-state index is 0.232. The van der Waals surface area contributed by atoms with E-state index in [2.05, 4.69) is 23.3 Å². The minimum atomic E-state index is -3.56. The summed E-state index contributed by atoms with van der Waals surface area (Å²) < 4.78 is 38.2. The van der Waals surface area contributed by atoms with E-state index in [1.807, 2.05) is 12.1 Å². The van der Waals surface area contributed by atoms with Crippen LogP contribution in [0.4, 0.5) is 0 Å². The fourth-order valence-corrected chi connectivity index (χ4v) is 5.45. The summed E-state index contributed by atoms with van der Waals surface area (Å²) in [5, 5.41) is 1.23. The Morgan fingerprint density at radius 2 is 1.71 bits per heavy atom. The zero-order chi connectivity index (χ0) is 19.7. The van der Waals surface area contributed by atoms with Crippen LogP contribution in [0.25, 0.3) is 10.9 Å². The minimum Gasteiger partial charge on any atom is -0.493 e. The van der Waals surface area contributed by atoms with E-state index in [-0.39, 0.29) is 4.90 Å². The molecule has 6 nitrogen and oxygen atoms in total. The van der Waals surface area contributed by atoms with E-state index in [0.29, 0.717) is 30.5 Å². The van der Waals surface area contributed by atoms with Gasteiger partial charge in [-0.25, -0.2) is 8.42 Å². The van der Waals surface area contributed by atoms with Crippen LogP contribution in [0.2, 0.25) is 0 Å². The van der Waals surface area contributed by atoms with Crippen LogP contribution in [0.5, 0.6) is 11.5 Å². The Hall–Kier alpha value is -2.51. The molecule has 0 aliphatic carbocycles. The molecule has 0 bridgehead atoms. The maximum absolute atomic E-state index is 13.1. The van der Waals surface area contributed by atoms with Gasteiger partial charge in [-0.15, -0.1) is 0 Å². The van der Waals surface area contributed by atoms with Gasteiger partial charge in [-0.2, -0.15) is 4.31 Å². The van der Waals surface area contributed by atoms with Crippen molar-refractivity contribution in [2.45, 2.75) is 23.7 Å². The highest BCUT2D eigenvalue weighted by molar-refractivity contribution is 7.89. The van der Waals surface area contributed by atoms with Gasteiger partial charge in [0.15, 0.2) is 11.5 Å². The number of nitrogens with one attached hydrogen (secondary N) is 1. The maximum atomic E-state index is 13.1. The molecule has 1 aliphatic rings. The van der Waals surface area contributed by atoms with E-state index < -0.39 is 10.0 Å². The van der Waals surface area contributed by atoms with Crippen LogP contribution in [-0.4, -0.2) is 45.0 Å². The number of fused-ring (bicyclic) bond motifs is 1. The number of hydrogen-bond donors (Lipinski definition) is 1. The van der Waals surface area contributed by atoms with Crippen molar-refractivity contribution in [3.8, 4) is 11.5 Å². The number of benzene rings is 2. The van der Waals surface area contributed by atoms with Crippen molar-refractivity contribution >= 4 is 20.9 Å². The van der Waals surface area contributed by atoms with Gasteiger partial charge < -0.3 is 14.5 Å². The number of ether oxygens (including phenoxy) is 2. The molecule has 148 valence electrons. The van der Waals surface area contributed by atoms with Gasteiger partial charge in [-0.1, -0.05) is 18.2 Å². The SMILES string of the molecule is COc1ccc(S(=O)(=O)N2CCC(c3c[nH]c4ccccc34)CC2)cc1OC. The first-order valence-electron chi connectivity index (χ1n) is 9.33. The smallest absolute Gasteiger partial charge is 0.243 e. The highest BCUT2D eigenvalue weighted by Crippen LogP contribution is 2.36. The number of methoxy groups -OCH3 is 2. The van der Waals surface area contributed by atoms with Gasteiger partial charge in [0.2, 0.25) is 10.0 Å². The number of nitrogens with zero attached hydrogens (tertiary/aromatic N) is 1. The molecular weight excluding hydrogens is 376 g/mol. The first-order valence-corrected chi connectivity index (χ1v) is 10.8.